The zero-order chi connectivity index (χ0) is 42.9. The summed E-state index contributed by atoms with van der Waals surface area (Å²) in [5, 5.41) is 29.3. The Morgan fingerprint density at radius 2 is 1.40 bits per heavy atom. The number of aromatic amines is 1. The Labute approximate surface area is 339 Å². The third-order valence-electron chi connectivity index (χ3n) is 8.96. The number of amides is 6. The third kappa shape index (κ3) is 18.6. The van der Waals surface area contributed by atoms with Crippen molar-refractivity contribution in [2.75, 3.05) is 46.9 Å². The van der Waals surface area contributed by atoms with Crippen LogP contribution in [-0.2, 0) is 46.3 Å². The van der Waals surface area contributed by atoms with Crippen molar-refractivity contribution in [3.05, 3.63) is 54.1 Å². The molecule has 2 aromatic rings. The summed E-state index contributed by atoms with van der Waals surface area (Å²) in [4.78, 5) is 88.1. The first-order valence-corrected chi connectivity index (χ1v) is 19.5. The number of hydrogen-bond acceptors (Lipinski definition) is 11. The number of hydrogen-bond donors (Lipinski definition) is 12. The van der Waals surface area contributed by atoms with Gasteiger partial charge in [-0.1, -0.05) is 44.2 Å². The van der Waals surface area contributed by atoms with Crippen molar-refractivity contribution < 1.29 is 33.5 Å². The standard InChI is InChI=1S/C38H63N13O7/c1-24(2)32(37(57)50-30(20-26-21-44-23-46-26)36(56)49-29(33(53)43-4)19-25-11-6-5-7-12-25)51-35(55)28(14-10-16-45-38(40)41)48-34(54)27(13-8-9-15-39)47-31(52)22-58-18-17-42-3/h5-7,11-12,21,23-24,27-30,32,42H,8-10,13-20,22,39H2,1-4H3,(H,43,53)(H,44,46)(H,47,52)(H,48,54)(H,49,56)(H,50,57)(H,51,55)(H4,40,41,45)/t27-,28-,29-,30-,32?/m0/s1. The van der Waals surface area contributed by atoms with Gasteiger partial charge in [0.05, 0.1) is 18.6 Å². The van der Waals surface area contributed by atoms with Crippen molar-refractivity contribution in [3.8, 4) is 0 Å². The molecule has 0 saturated heterocycles. The summed E-state index contributed by atoms with van der Waals surface area (Å²) in [6.45, 7) is 4.57. The van der Waals surface area contributed by atoms with Crippen LogP contribution in [0.1, 0.15) is 57.2 Å². The molecule has 0 bridgehead atoms. The Balaban J connectivity index is 2.30. The molecule has 1 heterocycles. The average molecular weight is 814 g/mol. The highest BCUT2D eigenvalue weighted by Crippen LogP contribution is 2.10. The van der Waals surface area contributed by atoms with Gasteiger partial charge in [-0.2, -0.15) is 0 Å². The third-order valence-corrected chi connectivity index (χ3v) is 8.96. The van der Waals surface area contributed by atoms with Crippen LogP contribution in [0.4, 0.5) is 0 Å². The van der Waals surface area contributed by atoms with Gasteiger partial charge in [0.15, 0.2) is 5.96 Å². The van der Waals surface area contributed by atoms with Crippen LogP contribution in [0.25, 0.3) is 0 Å². The van der Waals surface area contributed by atoms with Crippen molar-refractivity contribution in [3.63, 3.8) is 0 Å². The van der Waals surface area contributed by atoms with Gasteiger partial charge in [-0.25, -0.2) is 4.98 Å². The molecule has 0 saturated carbocycles. The number of unbranched alkanes of at least 4 members (excludes halogenated alkanes) is 1. The maximum absolute atomic E-state index is 14.0. The van der Waals surface area contributed by atoms with E-state index < -0.39 is 71.6 Å². The molecule has 14 N–H and O–H groups in total. The number of imidazole rings is 1. The number of nitrogens with one attached hydrogen (secondary N) is 10. The maximum Gasteiger partial charge on any atom is 0.246 e. The van der Waals surface area contributed by atoms with Gasteiger partial charge in [0.2, 0.25) is 35.4 Å². The van der Waals surface area contributed by atoms with Gasteiger partial charge >= 0.3 is 0 Å². The lowest BCUT2D eigenvalue weighted by molar-refractivity contribution is -0.136. The van der Waals surface area contributed by atoms with Crippen LogP contribution in [0.2, 0.25) is 0 Å². The molecule has 0 aliphatic heterocycles. The number of nitrogens with two attached hydrogens (primary N) is 2. The molecule has 1 aromatic carbocycles. The smallest absolute Gasteiger partial charge is 0.246 e. The van der Waals surface area contributed by atoms with Crippen molar-refractivity contribution in [1.82, 2.24) is 52.5 Å². The molecule has 6 amide bonds. The predicted octanol–water partition coefficient (Wildman–Crippen LogP) is -2.35. The Hall–Kier alpha value is -5.60. The molecule has 20 nitrogen and oxygen atoms in total. The number of likely N-dealkylation sites (N-methyl/N-ethyl adjacent to an activating group) is 2. The summed E-state index contributed by atoms with van der Waals surface area (Å²) in [6.07, 6.45) is 4.90. The minimum atomic E-state index is -1.20. The van der Waals surface area contributed by atoms with Gasteiger partial charge in [-0.15, -0.1) is 0 Å². The van der Waals surface area contributed by atoms with Crippen LogP contribution in [-0.4, -0.2) is 129 Å². The van der Waals surface area contributed by atoms with Gasteiger partial charge in [0.25, 0.3) is 0 Å². The zero-order valence-corrected chi connectivity index (χ0v) is 34.0. The number of carbonyl (C=O) groups excluding carboxylic acids is 6. The summed E-state index contributed by atoms with van der Waals surface area (Å²) < 4.78 is 5.35. The van der Waals surface area contributed by atoms with Crippen LogP contribution in [0.15, 0.2) is 42.9 Å². The molecule has 0 spiro atoms. The first kappa shape index (κ1) is 48.5. The molecule has 0 aliphatic rings. The molecule has 58 heavy (non-hydrogen) atoms. The molecule has 0 fully saturated rings. The lowest BCUT2D eigenvalue weighted by Crippen LogP contribution is -2.60. The highest BCUT2D eigenvalue weighted by atomic mass is 16.5. The first-order chi connectivity index (χ1) is 27.8. The Morgan fingerprint density at radius 3 is 2.02 bits per heavy atom. The Morgan fingerprint density at radius 1 is 0.776 bits per heavy atom. The van der Waals surface area contributed by atoms with E-state index in [2.05, 4.69) is 52.5 Å². The molecule has 5 atom stereocenters. The minimum absolute atomic E-state index is 0.0364. The van der Waals surface area contributed by atoms with Crippen LogP contribution < -0.4 is 54.0 Å². The van der Waals surface area contributed by atoms with Crippen LogP contribution in [0.5, 0.6) is 0 Å². The fourth-order valence-electron chi connectivity index (χ4n) is 5.78. The molecule has 20 heteroatoms. The molecule has 2 rings (SSSR count). The predicted molar refractivity (Wildman–Crippen MR) is 218 cm³/mol. The number of ether oxygens (including phenoxy) is 1. The van der Waals surface area contributed by atoms with E-state index in [4.69, 9.17) is 21.6 Å². The number of rotatable bonds is 28. The number of guanidine groups is 1. The number of aromatic nitrogens is 2. The lowest BCUT2D eigenvalue weighted by atomic mass is 10.00. The quantitative estimate of drug-likeness (QED) is 0.0244. The van der Waals surface area contributed by atoms with Crippen LogP contribution in [0.3, 0.4) is 0 Å². The fourth-order valence-corrected chi connectivity index (χ4v) is 5.78. The molecule has 0 aliphatic carbocycles. The normalized spacial score (nSPS) is 13.6. The average Bonchev–Trinajstić information content (AvgIpc) is 3.71. The molecule has 1 aromatic heterocycles. The van der Waals surface area contributed by atoms with E-state index in [-0.39, 0.29) is 51.4 Å². The van der Waals surface area contributed by atoms with Crippen LogP contribution in [0, 0.1) is 11.3 Å². The van der Waals surface area contributed by atoms with E-state index in [1.54, 1.807) is 27.1 Å². The van der Waals surface area contributed by atoms with Gasteiger partial charge in [-0.3, -0.25) is 34.2 Å². The topological polar surface area (TPSA) is 312 Å². The van der Waals surface area contributed by atoms with Gasteiger partial charge in [0.1, 0.15) is 36.8 Å². The maximum atomic E-state index is 14.0. The van der Waals surface area contributed by atoms with E-state index in [1.165, 1.54) is 13.4 Å². The minimum Gasteiger partial charge on any atom is -0.370 e. The van der Waals surface area contributed by atoms with Crippen molar-refractivity contribution in [2.24, 2.45) is 17.4 Å². The summed E-state index contributed by atoms with van der Waals surface area (Å²) >= 11 is 0. The zero-order valence-electron chi connectivity index (χ0n) is 34.0. The highest BCUT2D eigenvalue weighted by Gasteiger charge is 2.34. The summed E-state index contributed by atoms with van der Waals surface area (Å²) in [5.74, 6) is -4.35. The molecular formula is C38H63N13O7. The largest absolute Gasteiger partial charge is 0.370 e. The van der Waals surface area contributed by atoms with Crippen molar-refractivity contribution in [1.29, 1.82) is 5.41 Å². The lowest BCUT2D eigenvalue weighted by Gasteiger charge is -2.28. The van der Waals surface area contributed by atoms with Gasteiger partial charge in [0, 0.05) is 39.2 Å². The fraction of sp³-hybridized carbons (Fsp3) is 0.579. The molecule has 0 radical (unpaired) electrons. The number of nitrogens with zero attached hydrogens (tertiary/aromatic N) is 1. The summed E-state index contributed by atoms with van der Waals surface area (Å²) in [7, 11) is 3.21. The van der Waals surface area contributed by atoms with E-state index >= 15 is 0 Å². The van der Waals surface area contributed by atoms with E-state index in [0.717, 1.165) is 5.56 Å². The second-order valence-electron chi connectivity index (χ2n) is 14.0. The first-order valence-electron chi connectivity index (χ1n) is 19.5. The number of benzene rings is 1. The van der Waals surface area contributed by atoms with E-state index in [1.807, 2.05) is 30.3 Å². The van der Waals surface area contributed by atoms with Gasteiger partial charge in [-0.05, 0) is 57.2 Å². The number of carbonyl (C=O) groups is 6. The molecule has 322 valence electrons. The Bertz CT molecular complexity index is 1580. The number of H-pyrrole nitrogens is 1. The molecule has 1 unspecified atom stereocenters. The second kappa shape index (κ2) is 27.1. The summed E-state index contributed by atoms with van der Waals surface area (Å²) in [6, 6.07) is 3.61. The van der Waals surface area contributed by atoms with Crippen molar-refractivity contribution >= 4 is 41.4 Å². The van der Waals surface area contributed by atoms with E-state index in [0.29, 0.717) is 38.0 Å². The second-order valence-corrected chi connectivity index (χ2v) is 14.0. The van der Waals surface area contributed by atoms with E-state index in [9.17, 15) is 28.8 Å². The SMILES string of the molecule is CNCCOCC(=O)N[C@@H](CCCCN)C(=O)N[C@@H](CCCNC(=N)N)C(=O)NC(C(=O)N[C@@H](Cc1c[nH]cn1)C(=O)N[C@@H](Cc1ccccc1)C(=O)NC)C(C)C. The van der Waals surface area contributed by atoms with Crippen molar-refractivity contribution in [2.45, 2.75) is 89.0 Å². The van der Waals surface area contributed by atoms with Gasteiger partial charge < -0.3 is 63.7 Å². The summed E-state index contributed by atoms with van der Waals surface area (Å²) in [5.41, 5.74) is 12.4. The highest BCUT2D eigenvalue weighted by molar-refractivity contribution is 5.96. The van der Waals surface area contributed by atoms with Crippen LogP contribution >= 0.6 is 0 Å². The molecular weight excluding hydrogens is 751 g/mol. The monoisotopic (exact) mass is 813 g/mol. The Kier molecular flexibility index (Phi) is 22.7.